The van der Waals surface area contributed by atoms with Crippen LogP contribution in [0.2, 0.25) is 0 Å². The van der Waals surface area contributed by atoms with Gasteiger partial charge in [0, 0.05) is 11.7 Å². The van der Waals surface area contributed by atoms with E-state index in [-0.39, 0.29) is 11.8 Å². The molecule has 0 radical (unpaired) electrons. The summed E-state index contributed by atoms with van der Waals surface area (Å²) in [5, 5.41) is 3.19. The summed E-state index contributed by atoms with van der Waals surface area (Å²) < 4.78 is 0. The number of nitrogens with zero attached hydrogens (tertiary/aromatic N) is 1. The summed E-state index contributed by atoms with van der Waals surface area (Å²) in [6.07, 6.45) is 3.45. The van der Waals surface area contributed by atoms with Crippen molar-refractivity contribution in [1.29, 1.82) is 0 Å². The highest BCUT2D eigenvalue weighted by Gasteiger charge is 2.41. The molecule has 0 spiro atoms. The largest absolute Gasteiger partial charge is 0.325 e. The number of anilines is 1. The zero-order chi connectivity index (χ0) is 14.3. The van der Waals surface area contributed by atoms with E-state index in [1.54, 1.807) is 0 Å². The van der Waals surface area contributed by atoms with Crippen LogP contribution in [-0.2, 0) is 4.79 Å². The first-order valence-electron chi connectivity index (χ1n) is 7.69. The minimum Gasteiger partial charge on any atom is -0.325 e. The predicted octanol–water partition coefficient (Wildman–Crippen LogP) is 3.03. The van der Waals surface area contributed by atoms with Crippen molar-refractivity contribution >= 4 is 11.6 Å². The Morgan fingerprint density at radius 2 is 1.85 bits per heavy atom. The summed E-state index contributed by atoms with van der Waals surface area (Å²) >= 11 is 0. The van der Waals surface area contributed by atoms with Crippen molar-refractivity contribution in [1.82, 2.24) is 4.90 Å². The van der Waals surface area contributed by atoms with Crippen LogP contribution in [0.25, 0.3) is 0 Å². The minimum absolute atomic E-state index is 0.178. The first-order chi connectivity index (χ1) is 9.56. The van der Waals surface area contributed by atoms with Gasteiger partial charge in [-0.15, -0.1) is 0 Å². The molecule has 3 rings (SSSR count). The Kier molecular flexibility index (Phi) is 3.55. The average Bonchev–Trinajstić information content (AvgIpc) is 2.95. The van der Waals surface area contributed by atoms with E-state index in [0.717, 1.165) is 29.8 Å². The minimum atomic E-state index is 0.178. The number of carbonyl (C=O) groups excluding carboxylic acids is 1. The summed E-state index contributed by atoms with van der Waals surface area (Å²) in [6, 6.07) is 4.76. The number of hydrogen-bond donors (Lipinski definition) is 1. The number of aryl methyl sites for hydroxylation is 3. The third-order valence-corrected chi connectivity index (χ3v) is 4.87. The van der Waals surface area contributed by atoms with Gasteiger partial charge in [0.2, 0.25) is 5.91 Å². The molecule has 108 valence electrons. The molecule has 0 aromatic heterocycles. The third-order valence-electron chi connectivity index (χ3n) is 4.87. The topological polar surface area (TPSA) is 32.3 Å². The zero-order valence-electron chi connectivity index (χ0n) is 12.7. The van der Waals surface area contributed by atoms with Gasteiger partial charge in [-0.1, -0.05) is 17.7 Å². The fourth-order valence-electron chi connectivity index (χ4n) is 3.98. The Hall–Kier alpha value is -1.35. The van der Waals surface area contributed by atoms with Crippen molar-refractivity contribution in [2.45, 2.75) is 46.1 Å². The number of amides is 1. The molecule has 2 saturated heterocycles. The van der Waals surface area contributed by atoms with Crippen molar-refractivity contribution in [2.75, 3.05) is 18.4 Å². The Morgan fingerprint density at radius 1 is 1.15 bits per heavy atom. The highest BCUT2D eigenvalue weighted by atomic mass is 16.2. The van der Waals surface area contributed by atoms with Crippen LogP contribution in [0.4, 0.5) is 5.69 Å². The molecule has 2 heterocycles. The number of hydrogen-bond acceptors (Lipinski definition) is 2. The van der Waals surface area contributed by atoms with Gasteiger partial charge in [-0.2, -0.15) is 0 Å². The molecule has 1 aromatic rings. The van der Waals surface area contributed by atoms with E-state index in [2.05, 4.69) is 43.1 Å². The van der Waals surface area contributed by atoms with E-state index in [0.29, 0.717) is 6.04 Å². The standard InChI is InChI=1S/C17H24N2O/c1-11-9-12(2)16(13(3)10-11)18-17(20)14-6-8-19-7-4-5-15(14)19/h9-10,14-15H,4-8H2,1-3H3,(H,18,20). The van der Waals surface area contributed by atoms with Crippen LogP contribution < -0.4 is 5.32 Å². The van der Waals surface area contributed by atoms with E-state index >= 15 is 0 Å². The molecular formula is C17H24N2O. The molecule has 0 saturated carbocycles. The lowest BCUT2D eigenvalue weighted by Crippen LogP contribution is -2.33. The fraction of sp³-hybridized carbons (Fsp3) is 0.588. The van der Waals surface area contributed by atoms with Crippen molar-refractivity contribution in [3.8, 4) is 0 Å². The van der Waals surface area contributed by atoms with Gasteiger partial charge in [-0.05, 0) is 64.3 Å². The van der Waals surface area contributed by atoms with Crippen LogP contribution in [0.15, 0.2) is 12.1 Å². The lowest BCUT2D eigenvalue weighted by Gasteiger charge is -2.21. The van der Waals surface area contributed by atoms with E-state index in [1.807, 2.05) is 0 Å². The van der Waals surface area contributed by atoms with E-state index < -0.39 is 0 Å². The van der Waals surface area contributed by atoms with E-state index in [9.17, 15) is 4.79 Å². The highest BCUT2D eigenvalue weighted by molar-refractivity contribution is 5.94. The van der Waals surface area contributed by atoms with E-state index in [4.69, 9.17) is 0 Å². The van der Waals surface area contributed by atoms with Gasteiger partial charge in [-0.25, -0.2) is 0 Å². The quantitative estimate of drug-likeness (QED) is 0.897. The van der Waals surface area contributed by atoms with Crippen molar-refractivity contribution in [3.05, 3.63) is 28.8 Å². The first-order valence-corrected chi connectivity index (χ1v) is 7.69. The second kappa shape index (κ2) is 5.21. The van der Waals surface area contributed by atoms with Crippen LogP contribution in [-0.4, -0.2) is 29.9 Å². The molecule has 2 fully saturated rings. The van der Waals surface area contributed by atoms with Crippen LogP contribution in [0.5, 0.6) is 0 Å². The Labute approximate surface area is 121 Å². The van der Waals surface area contributed by atoms with Gasteiger partial charge in [0.1, 0.15) is 0 Å². The summed E-state index contributed by atoms with van der Waals surface area (Å²) in [5.74, 6) is 0.395. The number of benzene rings is 1. The van der Waals surface area contributed by atoms with Crippen LogP contribution in [0, 0.1) is 26.7 Å². The summed E-state index contributed by atoms with van der Waals surface area (Å²) in [4.78, 5) is 15.1. The summed E-state index contributed by atoms with van der Waals surface area (Å²) in [7, 11) is 0. The Morgan fingerprint density at radius 3 is 2.55 bits per heavy atom. The maximum Gasteiger partial charge on any atom is 0.229 e. The molecule has 3 nitrogen and oxygen atoms in total. The van der Waals surface area contributed by atoms with Crippen molar-refractivity contribution < 1.29 is 4.79 Å². The number of carbonyl (C=O) groups is 1. The summed E-state index contributed by atoms with van der Waals surface area (Å²) in [5.41, 5.74) is 4.59. The smallest absolute Gasteiger partial charge is 0.229 e. The zero-order valence-corrected chi connectivity index (χ0v) is 12.7. The first kappa shape index (κ1) is 13.6. The van der Waals surface area contributed by atoms with Crippen molar-refractivity contribution in [2.24, 2.45) is 5.92 Å². The molecule has 1 amide bonds. The average molecular weight is 272 g/mol. The predicted molar refractivity (Wildman–Crippen MR) is 82.0 cm³/mol. The molecule has 2 aliphatic heterocycles. The third kappa shape index (κ3) is 2.35. The fourth-order valence-corrected chi connectivity index (χ4v) is 3.98. The molecular weight excluding hydrogens is 248 g/mol. The molecule has 0 bridgehead atoms. The van der Waals surface area contributed by atoms with Gasteiger partial charge in [-0.3, -0.25) is 9.69 Å². The number of nitrogens with one attached hydrogen (secondary N) is 1. The second-order valence-electron chi connectivity index (χ2n) is 6.40. The lowest BCUT2D eigenvalue weighted by atomic mass is 9.96. The summed E-state index contributed by atoms with van der Waals surface area (Å²) in [6.45, 7) is 8.52. The van der Waals surface area contributed by atoms with Gasteiger partial charge in [0.15, 0.2) is 0 Å². The number of rotatable bonds is 2. The molecule has 1 N–H and O–H groups in total. The molecule has 20 heavy (non-hydrogen) atoms. The molecule has 0 aliphatic carbocycles. The van der Waals surface area contributed by atoms with Gasteiger partial charge in [0.25, 0.3) is 0 Å². The SMILES string of the molecule is Cc1cc(C)c(NC(=O)C2CCN3CCCC23)c(C)c1. The number of fused-ring (bicyclic) bond motifs is 1. The Balaban J connectivity index is 1.76. The molecule has 3 heteroatoms. The molecule has 2 unspecified atom stereocenters. The van der Waals surface area contributed by atoms with Crippen molar-refractivity contribution in [3.63, 3.8) is 0 Å². The Bertz CT molecular complexity index is 515. The maximum atomic E-state index is 12.6. The van der Waals surface area contributed by atoms with E-state index in [1.165, 1.54) is 24.9 Å². The molecule has 1 aromatic carbocycles. The molecule has 2 aliphatic rings. The van der Waals surface area contributed by atoms with Crippen LogP contribution in [0.3, 0.4) is 0 Å². The monoisotopic (exact) mass is 272 g/mol. The lowest BCUT2D eigenvalue weighted by molar-refractivity contribution is -0.120. The highest BCUT2D eigenvalue weighted by Crippen LogP contribution is 2.34. The van der Waals surface area contributed by atoms with Crippen LogP contribution in [0.1, 0.15) is 36.0 Å². The van der Waals surface area contributed by atoms with Gasteiger partial charge in [0.05, 0.1) is 5.92 Å². The maximum absolute atomic E-state index is 12.6. The molecule has 2 atom stereocenters. The van der Waals surface area contributed by atoms with Gasteiger partial charge >= 0.3 is 0 Å². The second-order valence-corrected chi connectivity index (χ2v) is 6.40. The van der Waals surface area contributed by atoms with Gasteiger partial charge < -0.3 is 5.32 Å². The normalized spacial score (nSPS) is 25.8. The van der Waals surface area contributed by atoms with Crippen LogP contribution >= 0.6 is 0 Å².